The number of aromatic amines is 2. The second-order valence-electron chi connectivity index (χ2n) is 6.53. The van der Waals surface area contributed by atoms with E-state index in [0.29, 0.717) is 22.8 Å². The maximum Gasteiger partial charge on any atom is 0.141 e. The summed E-state index contributed by atoms with van der Waals surface area (Å²) in [5.74, 6) is 0.874. The third kappa shape index (κ3) is 2.61. The molecule has 2 aromatic heterocycles. The van der Waals surface area contributed by atoms with E-state index < -0.39 is 0 Å². The molecule has 0 saturated carbocycles. The van der Waals surface area contributed by atoms with E-state index in [4.69, 9.17) is 11.1 Å². The molecule has 3 aromatic carbocycles. The van der Waals surface area contributed by atoms with Gasteiger partial charge in [-0.2, -0.15) is 0 Å². The fourth-order valence-corrected chi connectivity index (χ4v) is 3.25. The Bertz CT molecular complexity index is 1360. The Kier molecular flexibility index (Phi) is 3.48. The summed E-state index contributed by atoms with van der Waals surface area (Å²) >= 11 is 0. The minimum Gasteiger partial charge on any atom is -0.384 e. The van der Waals surface area contributed by atoms with Crippen LogP contribution in [0.4, 0.5) is 4.39 Å². The van der Waals surface area contributed by atoms with Gasteiger partial charge in [0.15, 0.2) is 0 Å². The number of H-pyrrole nitrogens is 2. The van der Waals surface area contributed by atoms with E-state index in [0.717, 1.165) is 27.6 Å². The number of nitrogens with zero attached hydrogens (tertiary/aromatic N) is 2. The standard InChI is InChI=1S/C21H15FN6/c22-14-4-2-1-3-13(14)21-26-16-8-6-12(10-18(16)28-21)20-25-15-7-5-11(19(23)24)9-17(15)27-20/h1-10H,(H3,23,24)(H,25,27)(H,26,28). The van der Waals surface area contributed by atoms with Crippen LogP contribution in [0.3, 0.4) is 0 Å². The summed E-state index contributed by atoms with van der Waals surface area (Å²) < 4.78 is 14.1. The molecule has 0 radical (unpaired) electrons. The average Bonchev–Trinajstić information content (AvgIpc) is 3.30. The highest BCUT2D eigenvalue weighted by Gasteiger charge is 2.12. The molecule has 0 fully saturated rings. The average molecular weight is 370 g/mol. The van der Waals surface area contributed by atoms with Crippen molar-refractivity contribution in [3.05, 3.63) is 72.0 Å². The van der Waals surface area contributed by atoms with Crippen molar-refractivity contribution in [1.29, 1.82) is 5.41 Å². The van der Waals surface area contributed by atoms with Gasteiger partial charge < -0.3 is 15.7 Å². The summed E-state index contributed by atoms with van der Waals surface area (Å²) in [6.07, 6.45) is 0. The van der Waals surface area contributed by atoms with Gasteiger partial charge in [0.2, 0.25) is 0 Å². The second-order valence-corrected chi connectivity index (χ2v) is 6.53. The molecular formula is C21H15FN6. The number of benzene rings is 3. The van der Waals surface area contributed by atoms with Crippen LogP contribution in [0.5, 0.6) is 0 Å². The van der Waals surface area contributed by atoms with Gasteiger partial charge in [-0.3, -0.25) is 5.41 Å². The van der Waals surface area contributed by atoms with Crippen LogP contribution >= 0.6 is 0 Å². The summed E-state index contributed by atoms with van der Waals surface area (Å²) in [4.78, 5) is 15.5. The van der Waals surface area contributed by atoms with Gasteiger partial charge in [0.1, 0.15) is 23.3 Å². The van der Waals surface area contributed by atoms with E-state index in [1.807, 2.05) is 24.3 Å². The van der Waals surface area contributed by atoms with E-state index in [-0.39, 0.29) is 11.7 Å². The first-order valence-corrected chi connectivity index (χ1v) is 8.68. The van der Waals surface area contributed by atoms with E-state index in [1.54, 1.807) is 30.3 Å². The molecule has 2 heterocycles. The Hall–Kier alpha value is -4.00. The summed E-state index contributed by atoms with van der Waals surface area (Å²) in [6.45, 7) is 0. The largest absolute Gasteiger partial charge is 0.384 e. The van der Waals surface area contributed by atoms with Crippen LogP contribution in [0.25, 0.3) is 44.8 Å². The number of fused-ring (bicyclic) bond motifs is 2. The molecule has 0 atom stereocenters. The number of nitrogens with two attached hydrogens (primary N) is 1. The van der Waals surface area contributed by atoms with Crippen LogP contribution < -0.4 is 5.73 Å². The number of amidine groups is 1. The van der Waals surface area contributed by atoms with E-state index in [9.17, 15) is 4.39 Å². The molecule has 0 aliphatic heterocycles. The lowest BCUT2D eigenvalue weighted by Crippen LogP contribution is -2.10. The first kappa shape index (κ1) is 16.2. The third-order valence-corrected chi connectivity index (χ3v) is 4.68. The number of imidazole rings is 2. The normalized spacial score (nSPS) is 11.3. The molecule has 6 nitrogen and oxygen atoms in total. The second kappa shape index (κ2) is 6.02. The number of rotatable bonds is 3. The first-order chi connectivity index (χ1) is 13.6. The van der Waals surface area contributed by atoms with Crippen LogP contribution in [0.2, 0.25) is 0 Å². The number of nitrogen functional groups attached to an aromatic ring is 1. The van der Waals surface area contributed by atoms with Gasteiger partial charge >= 0.3 is 0 Å². The SMILES string of the molecule is N=C(N)c1ccc2nc(-c3ccc4nc(-c5ccccc5F)[nH]c4c3)[nH]c2c1. The summed E-state index contributed by atoms with van der Waals surface area (Å²) in [7, 11) is 0. The zero-order chi connectivity index (χ0) is 19.3. The number of hydrogen-bond acceptors (Lipinski definition) is 3. The molecule has 0 amide bonds. The van der Waals surface area contributed by atoms with Crippen molar-refractivity contribution in [2.24, 2.45) is 5.73 Å². The van der Waals surface area contributed by atoms with Crippen molar-refractivity contribution in [2.45, 2.75) is 0 Å². The van der Waals surface area contributed by atoms with Crippen molar-refractivity contribution in [3.8, 4) is 22.8 Å². The Balaban J connectivity index is 1.59. The number of nitrogens with one attached hydrogen (secondary N) is 3. The van der Waals surface area contributed by atoms with Crippen molar-refractivity contribution < 1.29 is 4.39 Å². The number of aromatic nitrogens is 4. The molecule has 0 unspecified atom stereocenters. The quantitative estimate of drug-likeness (QED) is 0.282. The van der Waals surface area contributed by atoms with E-state index in [1.165, 1.54) is 6.07 Å². The number of hydrogen-bond donors (Lipinski definition) is 4. The van der Waals surface area contributed by atoms with Crippen LogP contribution in [0.1, 0.15) is 5.56 Å². The molecule has 7 heteroatoms. The molecule has 5 rings (SSSR count). The molecule has 28 heavy (non-hydrogen) atoms. The lowest BCUT2D eigenvalue weighted by Gasteiger charge is -1.97. The maximum atomic E-state index is 14.1. The van der Waals surface area contributed by atoms with E-state index in [2.05, 4.69) is 19.9 Å². The van der Waals surface area contributed by atoms with Gasteiger partial charge in [0.05, 0.1) is 27.6 Å². The Labute approximate surface area is 158 Å². The highest BCUT2D eigenvalue weighted by Crippen LogP contribution is 2.27. The highest BCUT2D eigenvalue weighted by atomic mass is 19.1. The number of halogens is 1. The summed E-state index contributed by atoms with van der Waals surface area (Å²) in [6, 6.07) is 17.7. The van der Waals surface area contributed by atoms with Crippen molar-refractivity contribution in [3.63, 3.8) is 0 Å². The lowest BCUT2D eigenvalue weighted by atomic mass is 10.2. The van der Waals surface area contributed by atoms with Gasteiger partial charge in [0.25, 0.3) is 0 Å². The molecule has 136 valence electrons. The Morgan fingerprint density at radius 1 is 0.857 bits per heavy atom. The van der Waals surface area contributed by atoms with Gasteiger partial charge in [-0.25, -0.2) is 14.4 Å². The first-order valence-electron chi connectivity index (χ1n) is 8.68. The maximum absolute atomic E-state index is 14.1. The third-order valence-electron chi connectivity index (χ3n) is 4.68. The van der Waals surface area contributed by atoms with Gasteiger partial charge in [-0.15, -0.1) is 0 Å². The zero-order valence-electron chi connectivity index (χ0n) is 14.6. The van der Waals surface area contributed by atoms with Crippen LogP contribution in [-0.4, -0.2) is 25.8 Å². The molecule has 5 N–H and O–H groups in total. The zero-order valence-corrected chi connectivity index (χ0v) is 14.6. The predicted octanol–water partition coefficient (Wildman–Crippen LogP) is 4.20. The van der Waals surface area contributed by atoms with Gasteiger partial charge in [-0.1, -0.05) is 12.1 Å². The van der Waals surface area contributed by atoms with E-state index >= 15 is 0 Å². The Morgan fingerprint density at radius 3 is 2.32 bits per heavy atom. The van der Waals surface area contributed by atoms with Gasteiger partial charge in [-0.05, 0) is 48.5 Å². The minimum atomic E-state index is -0.319. The highest BCUT2D eigenvalue weighted by molar-refractivity contribution is 5.98. The summed E-state index contributed by atoms with van der Waals surface area (Å²) in [5, 5.41) is 7.57. The Morgan fingerprint density at radius 2 is 1.54 bits per heavy atom. The van der Waals surface area contributed by atoms with Crippen molar-refractivity contribution in [1.82, 2.24) is 19.9 Å². The van der Waals surface area contributed by atoms with Gasteiger partial charge in [0, 0.05) is 11.1 Å². The molecule has 0 bridgehead atoms. The molecule has 0 aliphatic carbocycles. The summed E-state index contributed by atoms with van der Waals surface area (Å²) in [5.41, 5.74) is 10.6. The predicted molar refractivity (Wildman–Crippen MR) is 108 cm³/mol. The van der Waals surface area contributed by atoms with Crippen LogP contribution in [-0.2, 0) is 0 Å². The molecule has 5 aromatic rings. The molecular weight excluding hydrogens is 355 g/mol. The topological polar surface area (TPSA) is 107 Å². The fraction of sp³-hybridized carbons (Fsp3) is 0. The monoisotopic (exact) mass is 370 g/mol. The molecule has 0 spiro atoms. The molecule has 0 aliphatic rings. The van der Waals surface area contributed by atoms with Crippen molar-refractivity contribution >= 4 is 27.9 Å². The van der Waals surface area contributed by atoms with Crippen molar-refractivity contribution in [2.75, 3.05) is 0 Å². The van der Waals surface area contributed by atoms with Crippen LogP contribution in [0.15, 0.2) is 60.7 Å². The fourth-order valence-electron chi connectivity index (χ4n) is 3.25. The minimum absolute atomic E-state index is 0.0117. The smallest absolute Gasteiger partial charge is 0.141 e. The van der Waals surface area contributed by atoms with Crippen LogP contribution in [0, 0.1) is 11.2 Å². The molecule has 0 saturated heterocycles. The lowest BCUT2D eigenvalue weighted by molar-refractivity contribution is 0.630.